The highest BCUT2D eigenvalue weighted by molar-refractivity contribution is 8.00. The van der Waals surface area contributed by atoms with Gasteiger partial charge in [0.25, 0.3) is 0 Å². The lowest BCUT2D eigenvalue weighted by atomic mass is 10.3. The summed E-state index contributed by atoms with van der Waals surface area (Å²) in [7, 11) is 1.69. The molecule has 0 fully saturated rings. The van der Waals surface area contributed by atoms with Crippen molar-refractivity contribution in [2.75, 3.05) is 18.7 Å². The monoisotopic (exact) mass is 265 g/mol. The summed E-state index contributed by atoms with van der Waals surface area (Å²) >= 11 is 3.57. The molecule has 0 saturated heterocycles. The Kier molecular flexibility index (Phi) is 3.97. The van der Waals surface area contributed by atoms with Crippen LogP contribution in [0, 0.1) is 6.92 Å². The van der Waals surface area contributed by atoms with Gasteiger partial charge >= 0.3 is 0 Å². The summed E-state index contributed by atoms with van der Waals surface area (Å²) in [6.07, 6.45) is 2.10. The van der Waals surface area contributed by atoms with Gasteiger partial charge in [-0.15, -0.1) is 23.1 Å². The summed E-state index contributed by atoms with van der Waals surface area (Å²) in [5.74, 6) is 0.864. The van der Waals surface area contributed by atoms with Crippen LogP contribution in [0.15, 0.2) is 34.5 Å². The van der Waals surface area contributed by atoms with Crippen LogP contribution in [0.25, 0.3) is 0 Å². The molecule has 1 heterocycles. The smallest absolute Gasteiger partial charge is 0.142 e. The van der Waals surface area contributed by atoms with Gasteiger partial charge in [0.05, 0.1) is 22.7 Å². The number of hydrogen-bond acceptors (Lipinski definition) is 4. The zero-order valence-corrected chi connectivity index (χ0v) is 11.7. The molecule has 0 bridgehead atoms. The molecule has 0 unspecified atom stereocenters. The molecule has 1 aromatic carbocycles. The average Bonchev–Trinajstić information content (AvgIpc) is 2.70. The lowest BCUT2D eigenvalue weighted by Crippen LogP contribution is -1.93. The van der Waals surface area contributed by atoms with Crippen LogP contribution >= 0.6 is 23.1 Å². The Morgan fingerprint density at radius 1 is 1.24 bits per heavy atom. The second-order valence-electron chi connectivity index (χ2n) is 3.59. The van der Waals surface area contributed by atoms with Crippen molar-refractivity contribution < 1.29 is 4.74 Å². The first kappa shape index (κ1) is 12.3. The zero-order chi connectivity index (χ0) is 12.3. The van der Waals surface area contributed by atoms with E-state index in [0.717, 1.165) is 17.1 Å². The fraction of sp³-hybridized carbons (Fsp3) is 0.231. The van der Waals surface area contributed by atoms with Gasteiger partial charge in [-0.05, 0) is 31.4 Å². The van der Waals surface area contributed by atoms with E-state index in [9.17, 15) is 0 Å². The summed E-state index contributed by atoms with van der Waals surface area (Å²) in [6, 6.07) is 10.1. The standard InChI is InChI=1S/C13H15NOS2/c1-9-8-11(13(16-3)17-9)14-10-6-4-5-7-12(10)15-2/h4-8,14H,1-3H3. The van der Waals surface area contributed by atoms with Crippen molar-refractivity contribution in [1.82, 2.24) is 0 Å². The van der Waals surface area contributed by atoms with E-state index in [2.05, 4.69) is 24.6 Å². The van der Waals surface area contributed by atoms with Crippen LogP contribution in [0.4, 0.5) is 11.4 Å². The Bertz CT molecular complexity index is 508. The van der Waals surface area contributed by atoms with Gasteiger partial charge in [0, 0.05) is 4.88 Å². The lowest BCUT2D eigenvalue weighted by molar-refractivity contribution is 0.417. The summed E-state index contributed by atoms with van der Waals surface area (Å²) < 4.78 is 6.63. The molecule has 2 aromatic rings. The maximum Gasteiger partial charge on any atom is 0.142 e. The first-order chi connectivity index (χ1) is 8.24. The number of benzene rings is 1. The Labute approximate surface area is 110 Å². The lowest BCUT2D eigenvalue weighted by Gasteiger charge is -2.10. The fourth-order valence-electron chi connectivity index (χ4n) is 1.62. The van der Waals surface area contributed by atoms with Gasteiger partial charge in [-0.1, -0.05) is 12.1 Å². The predicted octanol–water partition coefficient (Wildman–Crippen LogP) is 4.53. The minimum atomic E-state index is 0.864. The van der Waals surface area contributed by atoms with Gasteiger partial charge in [-0.2, -0.15) is 0 Å². The number of thiophene rings is 1. The van der Waals surface area contributed by atoms with Gasteiger partial charge in [0.1, 0.15) is 5.75 Å². The molecule has 0 amide bonds. The summed E-state index contributed by atoms with van der Waals surface area (Å²) in [5, 5.41) is 3.43. The van der Waals surface area contributed by atoms with E-state index in [-0.39, 0.29) is 0 Å². The summed E-state index contributed by atoms with van der Waals surface area (Å²) in [5.41, 5.74) is 2.16. The van der Waals surface area contributed by atoms with Crippen molar-refractivity contribution in [3.8, 4) is 5.75 Å². The molecule has 0 spiro atoms. The number of anilines is 2. The molecule has 2 rings (SSSR count). The SMILES string of the molecule is COc1ccccc1Nc1cc(C)sc1SC. The Morgan fingerprint density at radius 2 is 2.00 bits per heavy atom. The largest absolute Gasteiger partial charge is 0.495 e. The van der Waals surface area contributed by atoms with Crippen LogP contribution < -0.4 is 10.1 Å². The Morgan fingerprint density at radius 3 is 2.71 bits per heavy atom. The van der Waals surface area contributed by atoms with Crippen LogP contribution in [0.5, 0.6) is 5.75 Å². The highest BCUT2D eigenvalue weighted by atomic mass is 32.2. The van der Waals surface area contributed by atoms with Crippen molar-refractivity contribution in [3.63, 3.8) is 0 Å². The summed E-state index contributed by atoms with van der Waals surface area (Å²) in [4.78, 5) is 1.31. The van der Waals surface area contributed by atoms with Gasteiger partial charge < -0.3 is 10.1 Å². The molecule has 2 nitrogen and oxygen atoms in total. The molecular formula is C13H15NOS2. The molecular weight excluding hydrogens is 250 g/mol. The van der Waals surface area contributed by atoms with E-state index >= 15 is 0 Å². The van der Waals surface area contributed by atoms with Crippen LogP contribution in [0.1, 0.15) is 4.88 Å². The number of ether oxygens (including phenoxy) is 1. The van der Waals surface area contributed by atoms with E-state index in [4.69, 9.17) is 4.74 Å². The average molecular weight is 265 g/mol. The number of para-hydroxylation sites is 2. The van der Waals surface area contributed by atoms with Crippen molar-refractivity contribution in [2.45, 2.75) is 11.1 Å². The quantitative estimate of drug-likeness (QED) is 0.821. The van der Waals surface area contributed by atoms with E-state index in [1.807, 2.05) is 24.3 Å². The maximum absolute atomic E-state index is 5.33. The van der Waals surface area contributed by atoms with Crippen molar-refractivity contribution in [2.24, 2.45) is 0 Å². The second-order valence-corrected chi connectivity index (χ2v) is 5.92. The predicted molar refractivity (Wildman–Crippen MR) is 77.1 cm³/mol. The molecule has 0 aliphatic heterocycles. The topological polar surface area (TPSA) is 21.3 Å². The molecule has 1 N–H and O–H groups in total. The summed E-state index contributed by atoms with van der Waals surface area (Å²) in [6.45, 7) is 2.12. The van der Waals surface area contributed by atoms with Crippen LogP contribution in [0.3, 0.4) is 0 Å². The van der Waals surface area contributed by atoms with E-state index in [1.54, 1.807) is 30.2 Å². The number of hydrogen-bond donors (Lipinski definition) is 1. The third kappa shape index (κ3) is 2.76. The first-order valence-electron chi connectivity index (χ1n) is 5.29. The highest BCUT2D eigenvalue weighted by Crippen LogP contribution is 2.37. The number of aryl methyl sites for hydroxylation is 1. The second kappa shape index (κ2) is 5.47. The molecule has 17 heavy (non-hydrogen) atoms. The highest BCUT2D eigenvalue weighted by Gasteiger charge is 2.08. The van der Waals surface area contributed by atoms with Crippen molar-refractivity contribution in [3.05, 3.63) is 35.2 Å². The number of methoxy groups -OCH3 is 1. The van der Waals surface area contributed by atoms with Gasteiger partial charge in [0.15, 0.2) is 0 Å². The van der Waals surface area contributed by atoms with Crippen LogP contribution in [-0.2, 0) is 0 Å². The fourth-order valence-corrected chi connectivity index (χ4v) is 3.37. The van der Waals surface area contributed by atoms with E-state index in [0.29, 0.717) is 0 Å². The maximum atomic E-state index is 5.33. The molecule has 0 saturated carbocycles. The Hall–Kier alpha value is -1.13. The van der Waals surface area contributed by atoms with Gasteiger partial charge in [0.2, 0.25) is 0 Å². The molecule has 90 valence electrons. The number of thioether (sulfide) groups is 1. The van der Waals surface area contributed by atoms with E-state index < -0.39 is 0 Å². The van der Waals surface area contributed by atoms with Crippen LogP contribution in [-0.4, -0.2) is 13.4 Å². The zero-order valence-electron chi connectivity index (χ0n) is 10.1. The first-order valence-corrected chi connectivity index (χ1v) is 7.33. The number of rotatable bonds is 4. The molecule has 0 atom stereocenters. The van der Waals surface area contributed by atoms with E-state index in [1.165, 1.54) is 9.09 Å². The van der Waals surface area contributed by atoms with Gasteiger partial charge in [-0.3, -0.25) is 0 Å². The molecule has 0 radical (unpaired) electrons. The number of nitrogens with one attached hydrogen (secondary N) is 1. The van der Waals surface area contributed by atoms with Gasteiger partial charge in [-0.25, -0.2) is 0 Å². The molecule has 1 aromatic heterocycles. The molecule has 0 aliphatic carbocycles. The Balaban J connectivity index is 2.30. The third-order valence-electron chi connectivity index (χ3n) is 2.38. The minimum Gasteiger partial charge on any atom is -0.495 e. The third-order valence-corrected chi connectivity index (χ3v) is 4.57. The van der Waals surface area contributed by atoms with Crippen molar-refractivity contribution >= 4 is 34.5 Å². The molecule has 4 heteroatoms. The minimum absolute atomic E-state index is 0.864. The van der Waals surface area contributed by atoms with Crippen molar-refractivity contribution in [1.29, 1.82) is 0 Å². The normalized spacial score (nSPS) is 10.3. The molecule has 0 aliphatic rings. The van der Waals surface area contributed by atoms with Crippen LogP contribution in [0.2, 0.25) is 0 Å².